The predicted molar refractivity (Wildman–Crippen MR) is 38.5 cm³/mol. The summed E-state index contributed by atoms with van der Waals surface area (Å²) < 4.78 is 0. The van der Waals surface area contributed by atoms with E-state index >= 15 is 0 Å². The number of hydrogen-bond donors (Lipinski definition) is 1. The maximum absolute atomic E-state index is 8.58. The Hall–Kier alpha value is -0.345. The largest absolute Gasteiger partial charge is 0.391 e. The summed E-state index contributed by atoms with van der Waals surface area (Å²) >= 11 is 1.49. The van der Waals surface area contributed by atoms with Gasteiger partial charge in [0.15, 0.2) is 0 Å². The third-order valence-electron chi connectivity index (χ3n) is 0.988. The molecule has 0 aromatic carbocycles. The molecule has 0 unspecified atom stereocenters. The standard InChI is InChI=1S/C5H7NOS.B/c1-4-5(2-7)8-3-6-4;/h3,7H,2H2,1H3;. The minimum Gasteiger partial charge on any atom is -0.391 e. The molecule has 0 spiro atoms. The van der Waals surface area contributed by atoms with Crippen molar-refractivity contribution >= 4 is 19.7 Å². The van der Waals surface area contributed by atoms with E-state index < -0.39 is 0 Å². The quantitative estimate of drug-likeness (QED) is 0.578. The summed E-state index contributed by atoms with van der Waals surface area (Å²) in [5, 5.41) is 8.58. The van der Waals surface area contributed by atoms with Gasteiger partial charge < -0.3 is 5.11 Å². The first-order valence-corrected chi connectivity index (χ1v) is 3.22. The van der Waals surface area contributed by atoms with Crippen LogP contribution in [0.4, 0.5) is 0 Å². The van der Waals surface area contributed by atoms with Gasteiger partial charge in [-0.25, -0.2) is 4.98 Å². The lowest BCUT2D eigenvalue weighted by atomic mass is 10.4. The minimum absolute atomic E-state index is 0. The number of aryl methyl sites for hydroxylation is 1. The van der Waals surface area contributed by atoms with Crippen LogP contribution in [-0.2, 0) is 6.61 Å². The van der Waals surface area contributed by atoms with Crippen molar-refractivity contribution in [2.75, 3.05) is 0 Å². The maximum Gasteiger partial charge on any atom is 0.0798 e. The lowest BCUT2D eigenvalue weighted by molar-refractivity contribution is 0.284. The molecule has 1 N–H and O–H groups in total. The molecule has 0 aliphatic rings. The Balaban J connectivity index is 0.000000640. The lowest BCUT2D eigenvalue weighted by Gasteiger charge is -1.85. The van der Waals surface area contributed by atoms with Crippen LogP contribution in [0.15, 0.2) is 5.51 Å². The molecule has 2 nitrogen and oxygen atoms in total. The summed E-state index contributed by atoms with van der Waals surface area (Å²) in [6.07, 6.45) is 0. The van der Waals surface area contributed by atoms with Crippen molar-refractivity contribution in [1.29, 1.82) is 0 Å². The summed E-state index contributed by atoms with van der Waals surface area (Å²) in [6.45, 7) is 2.01. The molecule has 1 aromatic heterocycles. The van der Waals surface area contributed by atoms with E-state index in [-0.39, 0.29) is 15.0 Å². The Morgan fingerprint density at radius 1 is 1.78 bits per heavy atom. The molecule has 47 valence electrons. The Kier molecular flexibility index (Phi) is 3.50. The van der Waals surface area contributed by atoms with Crippen molar-refractivity contribution in [3.05, 3.63) is 16.1 Å². The third-order valence-corrected chi connectivity index (χ3v) is 1.91. The highest BCUT2D eigenvalue weighted by molar-refractivity contribution is 7.09. The van der Waals surface area contributed by atoms with Crippen LogP contribution in [0.5, 0.6) is 0 Å². The topological polar surface area (TPSA) is 33.1 Å². The Bertz CT molecular complexity index is 177. The minimum atomic E-state index is 0. The fourth-order valence-corrected chi connectivity index (χ4v) is 1.11. The fourth-order valence-electron chi connectivity index (χ4n) is 0.478. The second-order valence-electron chi connectivity index (χ2n) is 1.52. The molecular weight excluding hydrogens is 133 g/mol. The van der Waals surface area contributed by atoms with Gasteiger partial charge in [0, 0.05) is 8.41 Å². The fraction of sp³-hybridized carbons (Fsp3) is 0.400. The van der Waals surface area contributed by atoms with E-state index in [1.807, 2.05) is 6.92 Å². The van der Waals surface area contributed by atoms with Gasteiger partial charge in [0.05, 0.1) is 22.7 Å². The number of aliphatic hydroxyl groups is 1. The van der Waals surface area contributed by atoms with Crippen molar-refractivity contribution < 1.29 is 5.11 Å². The zero-order chi connectivity index (χ0) is 5.98. The first-order chi connectivity index (χ1) is 3.84. The van der Waals surface area contributed by atoms with E-state index in [0.717, 1.165) is 10.6 Å². The summed E-state index contributed by atoms with van der Waals surface area (Å²) in [4.78, 5) is 4.91. The van der Waals surface area contributed by atoms with Crippen LogP contribution in [0.3, 0.4) is 0 Å². The average molecular weight is 140 g/mol. The smallest absolute Gasteiger partial charge is 0.0798 e. The van der Waals surface area contributed by atoms with Crippen molar-refractivity contribution in [2.24, 2.45) is 0 Å². The SMILES string of the molecule is Cc1ncsc1CO.[B]. The van der Waals surface area contributed by atoms with Crippen LogP contribution in [0, 0.1) is 6.92 Å². The van der Waals surface area contributed by atoms with Gasteiger partial charge in [-0.2, -0.15) is 0 Å². The predicted octanol–water partition coefficient (Wildman–Crippen LogP) is 0.563. The van der Waals surface area contributed by atoms with E-state index in [4.69, 9.17) is 5.11 Å². The molecule has 1 heterocycles. The summed E-state index contributed by atoms with van der Waals surface area (Å²) in [5.41, 5.74) is 2.68. The summed E-state index contributed by atoms with van der Waals surface area (Å²) in [7, 11) is 0. The van der Waals surface area contributed by atoms with Crippen LogP contribution >= 0.6 is 11.3 Å². The van der Waals surface area contributed by atoms with Gasteiger partial charge in [0.1, 0.15) is 0 Å². The highest BCUT2D eigenvalue weighted by Gasteiger charge is 1.95. The van der Waals surface area contributed by atoms with E-state index in [0.29, 0.717) is 0 Å². The third kappa shape index (κ3) is 1.80. The zero-order valence-electron chi connectivity index (χ0n) is 5.16. The molecular formula is C5H7BNOS. The lowest BCUT2D eigenvalue weighted by Crippen LogP contribution is -1.79. The first-order valence-electron chi connectivity index (χ1n) is 2.34. The van der Waals surface area contributed by atoms with Crippen molar-refractivity contribution in [3.8, 4) is 0 Å². The zero-order valence-corrected chi connectivity index (χ0v) is 5.98. The molecule has 0 amide bonds. The maximum atomic E-state index is 8.58. The number of aromatic nitrogens is 1. The number of nitrogens with zero attached hydrogens (tertiary/aromatic N) is 1. The van der Waals surface area contributed by atoms with Crippen molar-refractivity contribution in [2.45, 2.75) is 13.5 Å². The number of aliphatic hydroxyl groups excluding tert-OH is 1. The second kappa shape index (κ2) is 3.64. The molecule has 1 aromatic rings. The van der Waals surface area contributed by atoms with Gasteiger partial charge in [-0.1, -0.05) is 0 Å². The van der Waals surface area contributed by atoms with E-state index in [2.05, 4.69) is 4.98 Å². The second-order valence-corrected chi connectivity index (χ2v) is 2.46. The molecule has 0 bridgehead atoms. The molecule has 9 heavy (non-hydrogen) atoms. The summed E-state index contributed by atoms with van der Waals surface area (Å²) in [6, 6.07) is 0. The van der Waals surface area contributed by atoms with E-state index in [1.54, 1.807) is 5.51 Å². The molecule has 0 saturated heterocycles. The Morgan fingerprint density at radius 3 is 2.67 bits per heavy atom. The van der Waals surface area contributed by atoms with Crippen LogP contribution in [0.2, 0.25) is 0 Å². The highest BCUT2D eigenvalue weighted by atomic mass is 32.1. The molecule has 0 aliphatic carbocycles. The normalized spacial score (nSPS) is 8.67. The van der Waals surface area contributed by atoms with Crippen LogP contribution in [0.25, 0.3) is 0 Å². The Morgan fingerprint density at radius 2 is 2.44 bits per heavy atom. The molecule has 4 heteroatoms. The molecule has 3 radical (unpaired) electrons. The molecule has 1 rings (SSSR count). The molecule has 0 saturated carbocycles. The monoisotopic (exact) mass is 140 g/mol. The molecule has 0 fully saturated rings. The number of hydrogen-bond acceptors (Lipinski definition) is 3. The number of rotatable bonds is 1. The van der Waals surface area contributed by atoms with Gasteiger partial charge >= 0.3 is 0 Å². The van der Waals surface area contributed by atoms with Crippen LogP contribution in [0.1, 0.15) is 10.6 Å². The van der Waals surface area contributed by atoms with Gasteiger partial charge in [-0.15, -0.1) is 11.3 Å². The van der Waals surface area contributed by atoms with Gasteiger partial charge in [-0.3, -0.25) is 0 Å². The van der Waals surface area contributed by atoms with Gasteiger partial charge in [0.25, 0.3) is 0 Å². The average Bonchev–Trinajstić information content (AvgIpc) is 2.14. The van der Waals surface area contributed by atoms with E-state index in [9.17, 15) is 0 Å². The van der Waals surface area contributed by atoms with Crippen LogP contribution < -0.4 is 0 Å². The summed E-state index contributed by atoms with van der Waals surface area (Å²) in [5.74, 6) is 0. The van der Waals surface area contributed by atoms with E-state index in [1.165, 1.54) is 11.3 Å². The van der Waals surface area contributed by atoms with Crippen LogP contribution in [-0.4, -0.2) is 18.5 Å². The first kappa shape index (κ1) is 8.65. The highest BCUT2D eigenvalue weighted by Crippen LogP contribution is 2.10. The number of thiazole rings is 1. The van der Waals surface area contributed by atoms with Gasteiger partial charge in [-0.05, 0) is 6.92 Å². The van der Waals surface area contributed by atoms with Gasteiger partial charge in [0.2, 0.25) is 0 Å². The Labute approximate surface area is 60.1 Å². The van der Waals surface area contributed by atoms with Crippen molar-refractivity contribution in [3.63, 3.8) is 0 Å². The van der Waals surface area contributed by atoms with Crippen molar-refractivity contribution in [1.82, 2.24) is 4.98 Å². The molecule has 0 aliphatic heterocycles. The molecule has 0 atom stereocenters.